The van der Waals surface area contributed by atoms with Crippen LogP contribution in [0.15, 0.2) is 29.3 Å². The van der Waals surface area contributed by atoms with E-state index >= 15 is 0 Å². The zero-order valence-corrected chi connectivity index (χ0v) is 16.2. The summed E-state index contributed by atoms with van der Waals surface area (Å²) in [4.78, 5) is 16.2. The van der Waals surface area contributed by atoms with Crippen molar-refractivity contribution in [3.8, 4) is 0 Å². The van der Waals surface area contributed by atoms with Crippen molar-refractivity contribution in [3.63, 3.8) is 0 Å². The predicted octanol–water partition coefficient (Wildman–Crippen LogP) is 3.07. The van der Waals surface area contributed by atoms with E-state index in [-0.39, 0.29) is 36.0 Å². The second-order valence-electron chi connectivity index (χ2n) is 6.20. The third kappa shape index (κ3) is 8.21. The second kappa shape index (κ2) is 8.97. The van der Waals surface area contributed by atoms with Gasteiger partial charge in [-0.15, -0.1) is 24.0 Å². The van der Waals surface area contributed by atoms with Gasteiger partial charge < -0.3 is 15.8 Å². The number of carbonyl (C=O) groups excluding carboxylic acids is 1. The Morgan fingerprint density at radius 1 is 1.36 bits per heavy atom. The van der Waals surface area contributed by atoms with E-state index in [2.05, 4.69) is 10.3 Å². The fourth-order valence-corrected chi connectivity index (χ4v) is 1.65. The Hall–Kier alpha value is -1.31. The second-order valence-corrected chi connectivity index (χ2v) is 6.20. The molecule has 0 bridgehead atoms. The molecule has 0 aliphatic rings. The molecule has 1 aromatic rings. The fraction of sp³-hybridized carbons (Fsp3) is 0.500. The van der Waals surface area contributed by atoms with Crippen LogP contribution in [0.2, 0.25) is 0 Å². The van der Waals surface area contributed by atoms with Crippen LogP contribution in [0.1, 0.15) is 50.5 Å². The molecule has 0 aliphatic heterocycles. The summed E-state index contributed by atoms with van der Waals surface area (Å²) in [6.45, 7) is 9.94. The van der Waals surface area contributed by atoms with Gasteiger partial charge in [-0.2, -0.15) is 0 Å². The highest BCUT2D eigenvalue weighted by molar-refractivity contribution is 14.0. The van der Waals surface area contributed by atoms with Gasteiger partial charge >= 0.3 is 5.97 Å². The molecule has 1 aromatic carbocycles. The maximum absolute atomic E-state index is 12.0. The van der Waals surface area contributed by atoms with Crippen molar-refractivity contribution in [1.82, 2.24) is 5.32 Å². The summed E-state index contributed by atoms with van der Waals surface area (Å²) in [5, 5.41) is 3.02. The lowest BCUT2D eigenvalue weighted by Gasteiger charge is -2.19. The third-order valence-corrected chi connectivity index (χ3v) is 2.43. The Morgan fingerprint density at radius 3 is 2.55 bits per heavy atom. The first-order valence-corrected chi connectivity index (χ1v) is 7.06. The molecule has 0 spiro atoms. The van der Waals surface area contributed by atoms with Crippen LogP contribution < -0.4 is 11.1 Å². The van der Waals surface area contributed by atoms with Gasteiger partial charge in [0, 0.05) is 6.04 Å². The van der Waals surface area contributed by atoms with Gasteiger partial charge in [0.1, 0.15) is 5.60 Å². The summed E-state index contributed by atoms with van der Waals surface area (Å²) in [6.07, 6.45) is 0. The average molecular weight is 419 g/mol. The topological polar surface area (TPSA) is 76.7 Å². The maximum Gasteiger partial charge on any atom is 0.338 e. The summed E-state index contributed by atoms with van der Waals surface area (Å²) in [6, 6.07) is 7.47. The molecule has 0 saturated heterocycles. The number of nitrogens with two attached hydrogens (primary N) is 1. The number of guanidine groups is 1. The minimum Gasteiger partial charge on any atom is -0.456 e. The van der Waals surface area contributed by atoms with Crippen molar-refractivity contribution in [1.29, 1.82) is 0 Å². The molecule has 3 N–H and O–H groups in total. The summed E-state index contributed by atoms with van der Waals surface area (Å²) < 4.78 is 5.35. The molecule has 0 aliphatic carbocycles. The number of rotatable bonds is 4. The molecule has 0 saturated carbocycles. The minimum absolute atomic E-state index is 0. The van der Waals surface area contributed by atoms with Crippen molar-refractivity contribution in [2.75, 3.05) is 0 Å². The lowest BCUT2D eigenvalue weighted by Crippen LogP contribution is -2.36. The summed E-state index contributed by atoms with van der Waals surface area (Å²) in [5.41, 5.74) is 6.68. The van der Waals surface area contributed by atoms with E-state index in [0.29, 0.717) is 18.1 Å². The molecular weight excluding hydrogens is 393 g/mol. The number of halogens is 1. The SMILES string of the molecule is CC(C)NC(N)=NCc1cccc(C(=O)OC(C)(C)C)c1.I. The fourth-order valence-electron chi connectivity index (χ4n) is 1.65. The van der Waals surface area contributed by atoms with Crippen LogP contribution in [0, 0.1) is 0 Å². The predicted molar refractivity (Wildman–Crippen MR) is 101 cm³/mol. The van der Waals surface area contributed by atoms with Gasteiger partial charge in [0.15, 0.2) is 5.96 Å². The maximum atomic E-state index is 12.0. The first kappa shape index (κ1) is 20.7. The Balaban J connectivity index is 0.00000441. The van der Waals surface area contributed by atoms with Crippen LogP contribution in [0.3, 0.4) is 0 Å². The molecule has 0 aromatic heterocycles. The highest BCUT2D eigenvalue weighted by Gasteiger charge is 2.17. The number of ether oxygens (including phenoxy) is 1. The molecule has 0 fully saturated rings. The van der Waals surface area contributed by atoms with E-state index in [1.54, 1.807) is 12.1 Å². The van der Waals surface area contributed by atoms with E-state index in [1.807, 2.05) is 46.8 Å². The molecule has 0 radical (unpaired) electrons. The van der Waals surface area contributed by atoms with Crippen molar-refractivity contribution in [2.45, 2.75) is 52.8 Å². The molecule has 5 nitrogen and oxygen atoms in total. The monoisotopic (exact) mass is 419 g/mol. The third-order valence-electron chi connectivity index (χ3n) is 2.43. The highest BCUT2D eigenvalue weighted by Crippen LogP contribution is 2.13. The molecule has 124 valence electrons. The number of nitrogens with one attached hydrogen (secondary N) is 1. The first-order chi connectivity index (χ1) is 9.67. The van der Waals surface area contributed by atoms with Crippen LogP contribution in [0.4, 0.5) is 0 Å². The van der Waals surface area contributed by atoms with Crippen molar-refractivity contribution < 1.29 is 9.53 Å². The van der Waals surface area contributed by atoms with Crippen molar-refractivity contribution in [3.05, 3.63) is 35.4 Å². The lowest BCUT2D eigenvalue weighted by molar-refractivity contribution is 0.00694. The smallest absolute Gasteiger partial charge is 0.338 e. The standard InChI is InChI=1S/C16H25N3O2.HI/c1-11(2)19-15(17)18-10-12-7-6-8-13(9-12)14(20)21-16(3,4)5;/h6-9,11H,10H2,1-5H3,(H3,17,18,19);1H. The molecule has 1 rings (SSSR count). The molecule has 6 heteroatoms. The molecule has 0 atom stereocenters. The van der Waals surface area contributed by atoms with Crippen LogP contribution in [0.5, 0.6) is 0 Å². The molecule has 0 amide bonds. The summed E-state index contributed by atoms with van der Waals surface area (Å²) in [7, 11) is 0. The van der Waals surface area contributed by atoms with Crippen LogP contribution in [-0.4, -0.2) is 23.6 Å². The van der Waals surface area contributed by atoms with E-state index in [0.717, 1.165) is 5.56 Å². The molecule has 0 unspecified atom stereocenters. The van der Waals surface area contributed by atoms with Crippen molar-refractivity contribution in [2.24, 2.45) is 10.7 Å². The van der Waals surface area contributed by atoms with Gasteiger partial charge in [0.2, 0.25) is 0 Å². The zero-order chi connectivity index (χ0) is 16.0. The number of hydrogen-bond acceptors (Lipinski definition) is 3. The minimum atomic E-state index is -0.503. The van der Waals surface area contributed by atoms with Crippen LogP contribution in [0.25, 0.3) is 0 Å². The van der Waals surface area contributed by atoms with Gasteiger partial charge in [-0.3, -0.25) is 0 Å². The number of aliphatic imine (C=N–C) groups is 1. The van der Waals surface area contributed by atoms with Gasteiger partial charge in [-0.25, -0.2) is 9.79 Å². The van der Waals surface area contributed by atoms with Gasteiger partial charge in [-0.05, 0) is 52.3 Å². The van der Waals surface area contributed by atoms with Gasteiger partial charge in [0.25, 0.3) is 0 Å². The largest absolute Gasteiger partial charge is 0.456 e. The summed E-state index contributed by atoms with van der Waals surface area (Å²) >= 11 is 0. The quantitative estimate of drug-likeness (QED) is 0.341. The van der Waals surface area contributed by atoms with Crippen LogP contribution >= 0.6 is 24.0 Å². The number of nitrogens with zero attached hydrogens (tertiary/aromatic N) is 1. The van der Waals surface area contributed by atoms with E-state index in [1.165, 1.54) is 0 Å². The first-order valence-electron chi connectivity index (χ1n) is 7.06. The number of hydrogen-bond donors (Lipinski definition) is 2. The van der Waals surface area contributed by atoms with Crippen LogP contribution in [-0.2, 0) is 11.3 Å². The normalized spacial score (nSPS) is 11.8. The average Bonchev–Trinajstić information content (AvgIpc) is 2.34. The van der Waals surface area contributed by atoms with E-state index in [4.69, 9.17) is 10.5 Å². The summed E-state index contributed by atoms with van der Waals surface area (Å²) in [5.74, 6) is 0.0641. The Bertz CT molecular complexity index is 522. The molecule has 22 heavy (non-hydrogen) atoms. The highest BCUT2D eigenvalue weighted by atomic mass is 127. The number of esters is 1. The van der Waals surface area contributed by atoms with E-state index in [9.17, 15) is 4.79 Å². The lowest BCUT2D eigenvalue weighted by atomic mass is 10.1. The Labute approximate surface area is 149 Å². The Kier molecular flexibility index (Phi) is 8.44. The van der Waals surface area contributed by atoms with Crippen molar-refractivity contribution >= 4 is 35.9 Å². The Morgan fingerprint density at radius 2 is 2.00 bits per heavy atom. The van der Waals surface area contributed by atoms with Gasteiger partial charge in [0.05, 0.1) is 12.1 Å². The number of carbonyl (C=O) groups is 1. The van der Waals surface area contributed by atoms with Gasteiger partial charge in [-0.1, -0.05) is 12.1 Å². The number of benzene rings is 1. The molecular formula is C16H26IN3O2. The van der Waals surface area contributed by atoms with E-state index < -0.39 is 5.60 Å². The zero-order valence-electron chi connectivity index (χ0n) is 13.8. The molecule has 0 heterocycles.